The lowest BCUT2D eigenvalue weighted by molar-refractivity contribution is 0.790. The van der Waals surface area contributed by atoms with Gasteiger partial charge in [0.15, 0.2) is 5.82 Å². The van der Waals surface area contributed by atoms with Crippen molar-refractivity contribution in [3.05, 3.63) is 41.1 Å². The summed E-state index contributed by atoms with van der Waals surface area (Å²) in [4.78, 5) is 4.54. The molecule has 0 unspecified atom stereocenters. The molecule has 0 bridgehead atoms. The zero-order valence-corrected chi connectivity index (χ0v) is 12.7. The first-order valence-corrected chi connectivity index (χ1v) is 8.03. The van der Waals surface area contributed by atoms with Gasteiger partial charge in [0, 0.05) is 24.1 Å². The minimum absolute atomic E-state index is 0.495. The first-order valence-electron chi connectivity index (χ1n) is 6.67. The van der Waals surface area contributed by atoms with E-state index in [0.717, 1.165) is 35.2 Å². The molecule has 0 aliphatic heterocycles. The zero-order chi connectivity index (χ0) is 14.4. The van der Waals surface area contributed by atoms with Crippen molar-refractivity contribution in [2.24, 2.45) is 0 Å². The van der Waals surface area contributed by atoms with Crippen molar-refractivity contribution in [3.8, 4) is 0 Å². The fourth-order valence-corrected chi connectivity index (χ4v) is 3.15. The Kier molecular flexibility index (Phi) is 3.04. The average Bonchev–Trinajstić information content (AvgIpc) is 3.12. The molecule has 0 radical (unpaired) electrons. The molecule has 21 heavy (non-hydrogen) atoms. The number of nitrogen functional groups attached to an aromatic ring is 1. The number of pyridine rings is 1. The number of aromatic nitrogens is 5. The van der Waals surface area contributed by atoms with E-state index in [9.17, 15) is 0 Å². The fourth-order valence-electron chi connectivity index (χ4n) is 2.23. The van der Waals surface area contributed by atoms with E-state index >= 15 is 0 Å². The van der Waals surface area contributed by atoms with Gasteiger partial charge in [-0.05, 0) is 25.0 Å². The Morgan fingerprint density at radius 1 is 1.29 bits per heavy atom. The van der Waals surface area contributed by atoms with Crippen molar-refractivity contribution >= 4 is 29.0 Å². The molecule has 3 heterocycles. The highest BCUT2D eigenvalue weighted by Crippen LogP contribution is 2.39. The summed E-state index contributed by atoms with van der Waals surface area (Å²) < 4.78 is 3.52. The van der Waals surface area contributed by atoms with Crippen LogP contribution in [0.3, 0.4) is 0 Å². The summed E-state index contributed by atoms with van der Waals surface area (Å²) in [6.07, 6.45) is 6.13. The van der Waals surface area contributed by atoms with Crippen LogP contribution in [-0.2, 0) is 5.75 Å². The Labute approximate surface area is 130 Å². The van der Waals surface area contributed by atoms with Crippen LogP contribution in [0.1, 0.15) is 30.3 Å². The Balaban J connectivity index is 1.52. The highest BCUT2D eigenvalue weighted by molar-refractivity contribution is 7.98. The minimum Gasteiger partial charge on any atom is -0.336 e. The van der Waals surface area contributed by atoms with Gasteiger partial charge in [0.25, 0.3) is 0 Å². The molecule has 0 atom stereocenters. The quantitative estimate of drug-likeness (QED) is 0.590. The van der Waals surface area contributed by atoms with Crippen LogP contribution in [0.15, 0.2) is 29.7 Å². The second-order valence-electron chi connectivity index (χ2n) is 5.12. The molecule has 4 rings (SSSR count). The summed E-state index contributed by atoms with van der Waals surface area (Å²) in [5.74, 6) is 8.11. The summed E-state index contributed by atoms with van der Waals surface area (Å²) in [6, 6.07) is 3.73. The van der Waals surface area contributed by atoms with Gasteiger partial charge in [0.1, 0.15) is 5.65 Å². The molecule has 8 heteroatoms. The van der Waals surface area contributed by atoms with Crippen molar-refractivity contribution in [2.75, 3.05) is 5.84 Å². The van der Waals surface area contributed by atoms with Crippen molar-refractivity contribution < 1.29 is 0 Å². The molecule has 0 saturated heterocycles. The molecular formula is C13H13ClN6S. The van der Waals surface area contributed by atoms with Crippen LogP contribution >= 0.6 is 23.4 Å². The third kappa shape index (κ3) is 2.47. The predicted octanol–water partition coefficient (Wildman–Crippen LogP) is 2.46. The highest BCUT2D eigenvalue weighted by Gasteiger charge is 2.29. The van der Waals surface area contributed by atoms with Crippen molar-refractivity contribution in [2.45, 2.75) is 29.7 Å². The van der Waals surface area contributed by atoms with E-state index in [1.54, 1.807) is 16.4 Å². The van der Waals surface area contributed by atoms with Crippen molar-refractivity contribution in [1.82, 2.24) is 24.3 Å². The highest BCUT2D eigenvalue weighted by atomic mass is 35.5. The summed E-state index contributed by atoms with van der Waals surface area (Å²) in [5, 5.41) is 9.74. The van der Waals surface area contributed by atoms with Crippen LogP contribution in [0.25, 0.3) is 5.65 Å². The van der Waals surface area contributed by atoms with E-state index in [1.807, 2.05) is 28.9 Å². The largest absolute Gasteiger partial charge is 0.336 e. The molecule has 1 fully saturated rings. The van der Waals surface area contributed by atoms with Crippen LogP contribution in [0.5, 0.6) is 0 Å². The molecule has 2 N–H and O–H groups in total. The van der Waals surface area contributed by atoms with Gasteiger partial charge in [0.2, 0.25) is 5.16 Å². The molecule has 1 aliphatic rings. The number of thioether (sulfide) groups is 1. The van der Waals surface area contributed by atoms with Gasteiger partial charge in [-0.25, -0.2) is 9.66 Å². The number of halogens is 1. The number of hydrogen-bond donors (Lipinski definition) is 1. The third-order valence-corrected chi connectivity index (χ3v) is 4.65. The Bertz CT molecular complexity index is 806. The van der Waals surface area contributed by atoms with E-state index in [4.69, 9.17) is 17.4 Å². The van der Waals surface area contributed by atoms with Crippen LogP contribution in [-0.4, -0.2) is 24.3 Å². The summed E-state index contributed by atoms with van der Waals surface area (Å²) in [7, 11) is 0. The van der Waals surface area contributed by atoms with Crippen molar-refractivity contribution in [3.63, 3.8) is 0 Å². The maximum absolute atomic E-state index is 6.03. The first kappa shape index (κ1) is 13.0. The second kappa shape index (κ2) is 4.92. The maximum Gasteiger partial charge on any atom is 0.210 e. The van der Waals surface area contributed by atoms with Gasteiger partial charge in [-0.2, -0.15) is 0 Å². The van der Waals surface area contributed by atoms with Crippen LogP contribution < -0.4 is 5.84 Å². The fraction of sp³-hybridized carbons (Fsp3) is 0.308. The second-order valence-corrected chi connectivity index (χ2v) is 6.50. The Morgan fingerprint density at radius 2 is 2.14 bits per heavy atom. The summed E-state index contributed by atoms with van der Waals surface area (Å²) in [5.41, 5.74) is 1.83. The summed E-state index contributed by atoms with van der Waals surface area (Å²) in [6.45, 7) is 0. The van der Waals surface area contributed by atoms with Crippen LogP contribution in [0, 0.1) is 0 Å². The zero-order valence-electron chi connectivity index (χ0n) is 11.1. The lowest BCUT2D eigenvalue weighted by Gasteiger charge is -2.00. The third-order valence-electron chi connectivity index (χ3n) is 3.45. The number of nitrogens with two attached hydrogens (primary N) is 1. The normalized spacial score (nSPS) is 14.9. The Morgan fingerprint density at radius 3 is 2.95 bits per heavy atom. The van der Waals surface area contributed by atoms with E-state index in [2.05, 4.69) is 15.2 Å². The van der Waals surface area contributed by atoms with Crippen LogP contribution in [0.2, 0.25) is 5.02 Å². The minimum atomic E-state index is 0.495. The van der Waals surface area contributed by atoms with Crippen LogP contribution in [0.4, 0.5) is 0 Å². The standard InChI is InChI=1S/C13H13ClN6S/c14-9-3-4-11-16-10(6-19(11)5-9)7-21-13-18-17-12(20(13)15)8-1-2-8/h3-6,8H,1-2,7,15H2. The number of rotatable bonds is 4. The number of fused-ring (bicyclic) bond motifs is 1. The smallest absolute Gasteiger partial charge is 0.210 e. The molecule has 6 nitrogen and oxygen atoms in total. The van der Waals surface area contributed by atoms with E-state index < -0.39 is 0 Å². The molecule has 3 aromatic heterocycles. The predicted molar refractivity (Wildman–Crippen MR) is 81.9 cm³/mol. The maximum atomic E-state index is 6.03. The summed E-state index contributed by atoms with van der Waals surface area (Å²) >= 11 is 7.51. The van der Waals surface area contributed by atoms with Crippen molar-refractivity contribution in [1.29, 1.82) is 0 Å². The molecule has 0 aromatic carbocycles. The number of hydrogen-bond acceptors (Lipinski definition) is 5. The van der Waals surface area contributed by atoms with Gasteiger partial charge in [-0.15, -0.1) is 10.2 Å². The number of nitrogens with zero attached hydrogens (tertiary/aromatic N) is 5. The molecule has 1 aliphatic carbocycles. The SMILES string of the molecule is Nn1c(SCc2cn3cc(Cl)ccc3n2)nnc1C1CC1. The molecule has 0 amide bonds. The van der Waals surface area contributed by atoms with E-state index in [0.29, 0.717) is 16.7 Å². The topological polar surface area (TPSA) is 74.0 Å². The van der Waals surface area contributed by atoms with Gasteiger partial charge < -0.3 is 10.2 Å². The molecule has 108 valence electrons. The van der Waals surface area contributed by atoms with Gasteiger partial charge in [0.05, 0.1) is 10.7 Å². The van der Waals surface area contributed by atoms with E-state index in [-0.39, 0.29) is 0 Å². The average molecular weight is 321 g/mol. The monoisotopic (exact) mass is 320 g/mol. The molecular weight excluding hydrogens is 308 g/mol. The van der Waals surface area contributed by atoms with Gasteiger partial charge in [-0.1, -0.05) is 23.4 Å². The molecule has 1 saturated carbocycles. The van der Waals surface area contributed by atoms with Gasteiger partial charge in [-0.3, -0.25) is 0 Å². The lowest BCUT2D eigenvalue weighted by Crippen LogP contribution is -2.13. The Hall–Kier alpha value is -1.73. The van der Waals surface area contributed by atoms with E-state index in [1.165, 1.54) is 0 Å². The number of imidazole rings is 1. The lowest BCUT2D eigenvalue weighted by atomic mass is 10.4. The molecule has 3 aromatic rings. The van der Waals surface area contributed by atoms with Gasteiger partial charge >= 0.3 is 0 Å². The molecule has 0 spiro atoms. The first-order chi connectivity index (χ1) is 10.2.